The van der Waals surface area contributed by atoms with Gasteiger partial charge in [0, 0.05) is 30.7 Å². The molecule has 20 heavy (non-hydrogen) atoms. The molecule has 0 unspecified atom stereocenters. The zero-order valence-corrected chi connectivity index (χ0v) is 11.6. The van der Waals surface area contributed by atoms with Crippen molar-refractivity contribution in [2.75, 3.05) is 6.54 Å². The standard InChI is InChI=1S/C15H17N3O2/c1-3-18(10-12-6-4-5-7-16-12)15(20)13-9-17-11(2)8-14(13)19/h4-9H,3,10H2,1-2H3,(H,17,19). The molecular weight excluding hydrogens is 254 g/mol. The summed E-state index contributed by atoms with van der Waals surface area (Å²) in [5, 5.41) is 0. The Morgan fingerprint density at radius 1 is 1.40 bits per heavy atom. The van der Waals surface area contributed by atoms with E-state index in [9.17, 15) is 9.59 Å². The Labute approximate surface area is 117 Å². The van der Waals surface area contributed by atoms with E-state index in [-0.39, 0.29) is 16.9 Å². The van der Waals surface area contributed by atoms with Gasteiger partial charge in [-0.2, -0.15) is 0 Å². The molecule has 2 aromatic heterocycles. The van der Waals surface area contributed by atoms with Crippen molar-refractivity contribution < 1.29 is 4.79 Å². The third kappa shape index (κ3) is 3.12. The molecule has 2 heterocycles. The molecule has 0 aromatic carbocycles. The highest BCUT2D eigenvalue weighted by Gasteiger charge is 2.17. The van der Waals surface area contributed by atoms with Gasteiger partial charge in [0.25, 0.3) is 5.91 Å². The number of aromatic amines is 1. The molecule has 2 rings (SSSR count). The van der Waals surface area contributed by atoms with Crippen LogP contribution in [0.3, 0.4) is 0 Å². The topological polar surface area (TPSA) is 66.1 Å². The van der Waals surface area contributed by atoms with Crippen LogP contribution >= 0.6 is 0 Å². The van der Waals surface area contributed by atoms with E-state index < -0.39 is 0 Å². The largest absolute Gasteiger partial charge is 0.364 e. The SMILES string of the molecule is CCN(Cc1ccccn1)C(=O)c1c[nH]c(C)cc1=O. The Hall–Kier alpha value is -2.43. The van der Waals surface area contributed by atoms with Crippen LogP contribution in [0, 0.1) is 6.92 Å². The summed E-state index contributed by atoms with van der Waals surface area (Å²) in [5.74, 6) is -0.278. The highest BCUT2D eigenvalue weighted by Crippen LogP contribution is 2.05. The van der Waals surface area contributed by atoms with Crippen LogP contribution in [0.1, 0.15) is 28.7 Å². The van der Waals surface area contributed by atoms with Crippen molar-refractivity contribution in [3.8, 4) is 0 Å². The van der Waals surface area contributed by atoms with Crippen LogP contribution in [0.5, 0.6) is 0 Å². The molecule has 5 nitrogen and oxygen atoms in total. The lowest BCUT2D eigenvalue weighted by atomic mass is 10.2. The number of pyridine rings is 2. The second-order valence-electron chi connectivity index (χ2n) is 4.53. The number of aromatic nitrogens is 2. The second-order valence-corrected chi connectivity index (χ2v) is 4.53. The maximum atomic E-state index is 12.4. The van der Waals surface area contributed by atoms with E-state index >= 15 is 0 Å². The quantitative estimate of drug-likeness (QED) is 0.921. The highest BCUT2D eigenvalue weighted by molar-refractivity contribution is 5.93. The molecule has 0 aliphatic carbocycles. The van der Waals surface area contributed by atoms with Gasteiger partial charge < -0.3 is 9.88 Å². The van der Waals surface area contributed by atoms with Crippen molar-refractivity contribution in [2.24, 2.45) is 0 Å². The van der Waals surface area contributed by atoms with Crippen molar-refractivity contribution in [1.82, 2.24) is 14.9 Å². The van der Waals surface area contributed by atoms with Crippen LogP contribution in [0.4, 0.5) is 0 Å². The van der Waals surface area contributed by atoms with E-state index in [0.29, 0.717) is 13.1 Å². The maximum absolute atomic E-state index is 12.4. The van der Waals surface area contributed by atoms with Gasteiger partial charge in [-0.05, 0) is 26.0 Å². The molecule has 1 N–H and O–H groups in total. The molecule has 0 saturated heterocycles. The Morgan fingerprint density at radius 2 is 2.20 bits per heavy atom. The van der Waals surface area contributed by atoms with Crippen molar-refractivity contribution >= 4 is 5.91 Å². The number of H-pyrrole nitrogens is 1. The molecule has 0 spiro atoms. The van der Waals surface area contributed by atoms with Crippen molar-refractivity contribution in [3.05, 3.63) is 63.8 Å². The van der Waals surface area contributed by atoms with E-state index in [0.717, 1.165) is 11.4 Å². The van der Waals surface area contributed by atoms with Crippen LogP contribution in [0.2, 0.25) is 0 Å². The number of rotatable bonds is 4. The molecule has 0 aliphatic rings. The second kappa shape index (κ2) is 6.14. The lowest BCUT2D eigenvalue weighted by Crippen LogP contribution is -2.34. The fourth-order valence-electron chi connectivity index (χ4n) is 1.93. The number of aryl methyl sites for hydroxylation is 1. The number of carbonyl (C=O) groups is 1. The van der Waals surface area contributed by atoms with Crippen molar-refractivity contribution in [2.45, 2.75) is 20.4 Å². The smallest absolute Gasteiger partial charge is 0.259 e. The minimum absolute atomic E-state index is 0.161. The molecule has 2 aromatic rings. The summed E-state index contributed by atoms with van der Waals surface area (Å²) in [5.41, 5.74) is 1.43. The molecule has 0 saturated carbocycles. The average molecular weight is 271 g/mol. The Bertz CT molecular complexity index is 650. The molecule has 0 aliphatic heterocycles. The van der Waals surface area contributed by atoms with E-state index in [1.165, 1.54) is 12.3 Å². The summed E-state index contributed by atoms with van der Waals surface area (Å²) in [6.45, 7) is 4.57. The lowest BCUT2D eigenvalue weighted by molar-refractivity contribution is 0.0749. The third-order valence-corrected chi connectivity index (χ3v) is 3.04. The van der Waals surface area contributed by atoms with E-state index in [1.54, 1.807) is 18.0 Å². The summed E-state index contributed by atoms with van der Waals surface area (Å²) in [6.07, 6.45) is 3.16. The van der Waals surface area contributed by atoms with Crippen LogP contribution in [0.15, 0.2) is 41.5 Å². The molecule has 0 fully saturated rings. The summed E-state index contributed by atoms with van der Waals surface area (Å²) in [7, 11) is 0. The van der Waals surface area contributed by atoms with Crippen molar-refractivity contribution in [3.63, 3.8) is 0 Å². The van der Waals surface area contributed by atoms with Gasteiger partial charge in [0.15, 0.2) is 5.43 Å². The maximum Gasteiger partial charge on any atom is 0.259 e. The third-order valence-electron chi connectivity index (χ3n) is 3.04. The van der Waals surface area contributed by atoms with Gasteiger partial charge in [0.05, 0.1) is 12.2 Å². The lowest BCUT2D eigenvalue weighted by Gasteiger charge is -2.20. The summed E-state index contributed by atoms with van der Waals surface area (Å²) in [4.78, 5) is 33.0. The first-order valence-corrected chi connectivity index (χ1v) is 6.50. The molecular formula is C15H17N3O2. The first kappa shape index (κ1) is 14.0. The first-order chi connectivity index (χ1) is 9.61. The van der Waals surface area contributed by atoms with Crippen molar-refractivity contribution in [1.29, 1.82) is 0 Å². The normalized spacial score (nSPS) is 10.3. The molecule has 104 valence electrons. The van der Waals surface area contributed by atoms with E-state index in [1.807, 2.05) is 25.1 Å². The Morgan fingerprint density at radius 3 is 2.80 bits per heavy atom. The zero-order chi connectivity index (χ0) is 14.5. The van der Waals surface area contributed by atoms with Crippen LogP contribution in [0.25, 0.3) is 0 Å². The van der Waals surface area contributed by atoms with Crippen LogP contribution < -0.4 is 5.43 Å². The molecule has 5 heteroatoms. The van der Waals surface area contributed by atoms with Gasteiger partial charge in [-0.1, -0.05) is 6.07 Å². The first-order valence-electron chi connectivity index (χ1n) is 6.50. The van der Waals surface area contributed by atoms with Gasteiger partial charge in [-0.25, -0.2) is 0 Å². The minimum Gasteiger partial charge on any atom is -0.364 e. The Balaban J connectivity index is 2.23. The number of hydrogen-bond acceptors (Lipinski definition) is 3. The average Bonchev–Trinajstić information content (AvgIpc) is 2.45. The zero-order valence-electron chi connectivity index (χ0n) is 11.6. The number of hydrogen-bond donors (Lipinski definition) is 1. The van der Waals surface area contributed by atoms with Gasteiger partial charge >= 0.3 is 0 Å². The molecule has 0 bridgehead atoms. The van der Waals surface area contributed by atoms with Gasteiger partial charge in [0.2, 0.25) is 0 Å². The minimum atomic E-state index is -0.278. The Kier molecular flexibility index (Phi) is 4.30. The summed E-state index contributed by atoms with van der Waals surface area (Å²) < 4.78 is 0. The molecule has 1 amide bonds. The fourth-order valence-corrected chi connectivity index (χ4v) is 1.93. The van der Waals surface area contributed by atoms with Gasteiger partial charge in [-0.3, -0.25) is 14.6 Å². The number of nitrogens with one attached hydrogen (secondary N) is 1. The number of nitrogens with zero attached hydrogens (tertiary/aromatic N) is 2. The summed E-state index contributed by atoms with van der Waals surface area (Å²) in [6, 6.07) is 6.99. The number of amides is 1. The molecule has 0 atom stereocenters. The molecule has 0 radical (unpaired) electrons. The van der Waals surface area contributed by atoms with Gasteiger partial charge in [0.1, 0.15) is 5.56 Å². The predicted octanol–water partition coefficient (Wildman–Crippen LogP) is 1.74. The fraction of sp³-hybridized carbons (Fsp3) is 0.267. The van der Waals surface area contributed by atoms with Crippen LogP contribution in [-0.2, 0) is 6.54 Å². The van der Waals surface area contributed by atoms with E-state index in [2.05, 4.69) is 9.97 Å². The highest BCUT2D eigenvalue weighted by atomic mass is 16.2. The monoisotopic (exact) mass is 271 g/mol. The van der Waals surface area contributed by atoms with Crippen LogP contribution in [-0.4, -0.2) is 27.3 Å². The van der Waals surface area contributed by atoms with E-state index in [4.69, 9.17) is 0 Å². The van der Waals surface area contributed by atoms with Gasteiger partial charge in [-0.15, -0.1) is 0 Å². The summed E-state index contributed by atoms with van der Waals surface area (Å²) >= 11 is 0. The number of carbonyl (C=O) groups excluding carboxylic acids is 1. The predicted molar refractivity (Wildman–Crippen MR) is 76.5 cm³/mol.